The third kappa shape index (κ3) is 3.64. The SMILES string of the molecule is Cc1noc(-c2ccccc2NC(=O)CCC(C)N)n1. The van der Waals surface area contributed by atoms with E-state index in [1.807, 2.05) is 25.1 Å². The highest BCUT2D eigenvalue weighted by atomic mass is 16.5. The van der Waals surface area contributed by atoms with Crippen LogP contribution in [0.4, 0.5) is 5.69 Å². The normalized spacial score (nSPS) is 12.2. The minimum Gasteiger partial charge on any atom is -0.334 e. The van der Waals surface area contributed by atoms with Crippen molar-refractivity contribution in [3.05, 3.63) is 30.1 Å². The molecule has 1 heterocycles. The van der Waals surface area contributed by atoms with Crippen LogP contribution in [-0.2, 0) is 4.79 Å². The second kappa shape index (κ2) is 6.29. The van der Waals surface area contributed by atoms with E-state index in [0.29, 0.717) is 35.8 Å². The van der Waals surface area contributed by atoms with E-state index < -0.39 is 0 Å². The number of hydrogen-bond donors (Lipinski definition) is 2. The van der Waals surface area contributed by atoms with Gasteiger partial charge in [0.2, 0.25) is 5.91 Å². The van der Waals surface area contributed by atoms with Crippen molar-refractivity contribution in [2.75, 3.05) is 5.32 Å². The predicted octanol–water partition coefficient (Wildman–Crippen LogP) is 2.11. The van der Waals surface area contributed by atoms with Crippen molar-refractivity contribution >= 4 is 11.6 Å². The van der Waals surface area contributed by atoms with Crippen LogP contribution in [0.2, 0.25) is 0 Å². The van der Waals surface area contributed by atoms with Gasteiger partial charge in [0.05, 0.1) is 11.3 Å². The molecule has 0 aliphatic carbocycles. The molecule has 2 rings (SSSR count). The van der Waals surface area contributed by atoms with Gasteiger partial charge in [-0.05, 0) is 32.4 Å². The number of para-hydroxylation sites is 1. The maximum absolute atomic E-state index is 11.9. The topological polar surface area (TPSA) is 94.0 Å². The molecule has 0 spiro atoms. The number of nitrogens with one attached hydrogen (secondary N) is 1. The summed E-state index contributed by atoms with van der Waals surface area (Å²) in [5.41, 5.74) is 7.01. The molecule has 20 heavy (non-hydrogen) atoms. The van der Waals surface area contributed by atoms with Crippen LogP contribution >= 0.6 is 0 Å². The molecule has 0 aliphatic heterocycles. The van der Waals surface area contributed by atoms with E-state index in [2.05, 4.69) is 15.5 Å². The Bertz CT molecular complexity index is 592. The summed E-state index contributed by atoms with van der Waals surface area (Å²) in [7, 11) is 0. The van der Waals surface area contributed by atoms with E-state index in [1.54, 1.807) is 13.0 Å². The number of nitrogens with zero attached hydrogens (tertiary/aromatic N) is 2. The van der Waals surface area contributed by atoms with Crippen molar-refractivity contribution in [1.29, 1.82) is 0 Å². The Labute approximate surface area is 117 Å². The van der Waals surface area contributed by atoms with Crippen molar-refractivity contribution < 1.29 is 9.32 Å². The Hall–Kier alpha value is -2.21. The molecular weight excluding hydrogens is 256 g/mol. The average molecular weight is 274 g/mol. The molecule has 0 fully saturated rings. The summed E-state index contributed by atoms with van der Waals surface area (Å²) >= 11 is 0. The lowest BCUT2D eigenvalue weighted by atomic mass is 10.1. The van der Waals surface area contributed by atoms with Gasteiger partial charge in [0.25, 0.3) is 5.89 Å². The first-order valence-corrected chi connectivity index (χ1v) is 6.51. The summed E-state index contributed by atoms with van der Waals surface area (Å²) in [5, 5.41) is 6.61. The minimum atomic E-state index is -0.0778. The number of nitrogens with two attached hydrogens (primary N) is 1. The summed E-state index contributed by atoms with van der Waals surface area (Å²) in [4.78, 5) is 16.0. The van der Waals surface area contributed by atoms with Crippen molar-refractivity contribution in [2.24, 2.45) is 5.73 Å². The standard InChI is InChI=1S/C14H18N4O2/c1-9(15)7-8-13(19)17-12-6-4-3-5-11(12)14-16-10(2)18-20-14/h3-6,9H,7-8,15H2,1-2H3,(H,17,19). The number of carbonyl (C=O) groups is 1. The number of hydrogen-bond acceptors (Lipinski definition) is 5. The molecule has 2 aromatic rings. The van der Waals surface area contributed by atoms with Gasteiger partial charge in [-0.3, -0.25) is 4.79 Å². The maximum Gasteiger partial charge on any atom is 0.260 e. The highest BCUT2D eigenvalue weighted by molar-refractivity contribution is 5.94. The van der Waals surface area contributed by atoms with Crippen LogP contribution in [-0.4, -0.2) is 22.1 Å². The van der Waals surface area contributed by atoms with Gasteiger partial charge in [0.15, 0.2) is 5.82 Å². The Morgan fingerprint density at radius 3 is 2.85 bits per heavy atom. The van der Waals surface area contributed by atoms with Gasteiger partial charge in [-0.2, -0.15) is 4.98 Å². The number of aryl methyl sites for hydroxylation is 1. The lowest BCUT2D eigenvalue weighted by Crippen LogP contribution is -2.19. The van der Waals surface area contributed by atoms with Gasteiger partial charge < -0.3 is 15.6 Å². The molecule has 0 saturated heterocycles. The van der Waals surface area contributed by atoms with E-state index in [1.165, 1.54) is 0 Å². The summed E-state index contributed by atoms with van der Waals surface area (Å²) in [5.74, 6) is 0.870. The maximum atomic E-state index is 11.9. The molecule has 1 atom stereocenters. The second-order valence-electron chi connectivity index (χ2n) is 4.76. The van der Waals surface area contributed by atoms with Crippen LogP contribution in [0.15, 0.2) is 28.8 Å². The fourth-order valence-electron chi connectivity index (χ4n) is 1.76. The molecule has 1 aromatic heterocycles. The Kier molecular flexibility index (Phi) is 4.47. The average Bonchev–Trinajstić information content (AvgIpc) is 2.83. The molecule has 0 saturated carbocycles. The van der Waals surface area contributed by atoms with Crippen LogP contribution in [0, 0.1) is 6.92 Å². The fourth-order valence-corrected chi connectivity index (χ4v) is 1.76. The van der Waals surface area contributed by atoms with E-state index in [9.17, 15) is 4.79 Å². The lowest BCUT2D eigenvalue weighted by molar-refractivity contribution is -0.116. The molecule has 1 unspecified atom stereocenters. The van der Waals surface area contributed by atoms with Gasteiger partial charge in [-0.1, -0.05) is 17.3 Å². The first-order chi connectivity index (χ1) is 9.56. The van der Waals surface area contributed by atoms with E-state index in [0.717, 1.165) is 0 Å². The number of rotatable bonds is 5. The summed E-state index contributed by atoms with van der Waals surface area (Å²) in [6, 6.07) is 7.34. The highest BCUT2D eigenvalue weighted by Gasteiger charge is 2.13. The van der Waals surface area contributed by atoms with Crippen molar-refractivity contribution in [3.8, 4) is 11.5 Å². The quantitative estimate of drug-likeness (QED) is 0.870. The van der Waals surface area contributed by atoms with Crippen LogP contribution in [0.5, 0.6) is 0 Å². The number of aromatic nitrogens is 2. The smallest absolute Gasteiger partial charge is 0.260 e. The minimum absolute atomic E-state index is 0.00887. The number of amides is 1. The molecule has 1 aromatic carbocycles. The fraction of sp³-hybridized carbons (Fsp3) is 0.357. The van der Waals surface area contributed by atoms with Gasteiger partial charge >= 0.3 is 0 Å². The Balaban J connectivity index is 2.14. The van der Waals surface area contributed by atoms with E-state index in [-0.39, 0.29) is 11.9 Å². The Morgan fingerprint density at radius 1 is 1.45 bits per heavy atom. The van der Waals surface area contributed by atoms with Gasteiger partial charge in [0.1, 0.15) is 0 Å². The first kappa shape index (κ1) is 14.2. The molecular formula is C14H18N4O2. The molecule has 3 N–H and O–H groups in total. The van der Waals surface area contributed by atoms with Crippen molar-refractivity contribution in [1.82, 2.24) is 10.1 Å². The van der Waals surface area contributed by atoms with E-state index in [4.69, 9.17) is 10.3 Å². The third-order valence-corrected chi connectivity index (χ3v) is 2.79. The highest BCUT2D eigenvalue weighted by Crippen LogP contribution is 2.26. The molecule has 0 aliphatic rings. The monoisotopic (exact) mass is 274 g/mol. The number of benzene rings is 1. The summed E-state index contributed by atoms with van der Waals surface area (Å²) < 4.78 is 5.14. The molecule has 0 radical (unpaired) electrons. The van der Waals surface area contributed by atoms with Crippen LogP contribution < -0.4 is 11.1 Å². The van der Waals surface area contributed by atoms with Crippen LogP contribution in [0.3, 0.4) is 0 Å². The molecule has 0 bridgehead atoms. The predicted molar refractivity (Wildman–Crippen MR) is 76.0 cm³/mol. The molecule has 6 nitrogen and oxygen atoms in total. The van der Waals surface area contributed by atoms with Crippen molar-refractivity contribution in [2.45, 2.75) is 32.7 Å². The third-order valence-electron chi connectivity index (χ3n) is 2.79. The summed E-state index contributed by atoms with van der Waals surface area (Å²) in [6.07, 6.45) is 1.03. The van der Waals surface area contributed by atoms with Crippen LogP contribution in [0.25, 0.3) is 11.5 Å². The van der Waals surface area contributed by atoms with Gasteiger partial charge in [-0.25, -0.2) is 0 Å². The zero-order valence-corrected chi connectivity index (χ0v) is 11.6. The largest absolute Gasteiger partial charge is 0.334 e. The van der Waals surface area contributed by atoms with Gasteiger partial charge in [0, 0.05) is 12.5 Å². The summed E-state index contributed by atoms with van der Waals surface area (Å²) in [6.45, 7) is 3.62. The Morgan fingerprint density at radius 2 is 2.20 bits per heavy atom. The zero-order chi connectivity index (χ0) is 14.5. The first-order valence-electron chi connectivity index (χ1n) is 6.51. The zero-order valence-electron chi connectivity index (χ0n) is 11.6. The lowest BCUT2D eigenvalue weighted by Gasteiger charge is -2.09. The molecule has 1 amide bonds. The second-order valence-corrected chi connectivity index (χ2v) is 4.76. The van der Waals surface area contributed by atoms with Crippen LogP contribution in [0.1, 0.15) is 25.6 Å². The van der Waals surface area contributed by atoms with E-state index >= 15 is 0 Å². The number of carbonyl (C=O) groups excluding carboxylic acids is 1. The molecule has 6 heteroatoms. The molecule has 106 valence electrons. The van der Waals surface area contributed by atoms with Crippen molar-refractivity contribution in [3.63, 3.8) is 0 Å². The number of anilines is 1. The van der Waals surface area contributed by atoms with Gasteiger partial charge in [-0.15, -0.1) is 0 Å².